The number of carbonyl (C=O) groups is 1. The molecule has 1 unspecified atom stereocenters. The van der Waals surface area contributed by atoms with Gasteiger partial charge in [0.2, 0.25) is 5.17 Å². The summed E-state index contributed by atoms with van der Waals surface area (Å²) in [6, 6.07) is 15.4. The first-order valence-electron chi connectivity index (χ1n) is 10.9. The molecule has 2 aromatic carbocycles. The fourth-order valence-corrected chi connectivity index (χ4v) is 4.41. The van der Waals surface area contributed by atoms with Crippen LogP contribution in [0.25, 0.3) is 6.08 Å². The van der Waals surface area contributed by atoms with Gasteiger partial charge in [-0.25, -0.2) is 0 Å². The van der Waals surface area contributed by atoms with Gasteiger partial charge in [0.25, 0.3) is 5.91 Å². The number of amides is 1. The number of aliphatic imine (C=N–C) groups is 1. The van der Waals surface area contributed by atoms with Crippen LogP contribution in [0.3, 0.4) is 0 Å². The van der Waals surface area contributed by atoms with Crippen LogP contribution in [0.1, 0.15) is 50.3 Å². The zero-order chi connectivity index (χ0) is 23.4. The monoisotopic (exact) mass is 462 g/mol. The highest BCUT2D eigenvalue weighted by Gasteiger charge is 2.35. The molecule has 0 saturated carbocycles. The lowest BCUT2D eigenvalue weighted by Crippen LogP contribution is -2.35. The number of unbranched alkanes of at least 4 members (excludes halogenated alkanes) is 1. The van der Waals surface area contributed by atoms with Crippen molar-refractivity contribution in [2.75, 3.05) is 7.11 Å². The summed E-state index contributed by atoms with van der Waals surface area (Å²) in [6.07, 6.45) is 4.37. The van der Waals surface area contributed by atoms with Crippen molar-refractivity contribution in [3.8, 4) is 11.5 Å². The van der Waals surface area contributed by atoms with Gasteiger partial charge in [0.1, 0.15) is 11.1 Å². The minimum absolute atomic E-state index is 0.0287. The Labute approximate surface area is 197 Å². The smallest absolute Gasteiger partial charge is 0.283 e. The van der Waals surface area contributed by atoms with Crippen LogP contribution < -0.4 is 9.47 Å². The van der Waals surface area contributed by atoms with Gasteiger partial charge in [0.05, 0.1) is 12.7 Å². The molecule has 2 aromatic rings. The average Bonchev–Trinajstić information content (AvgIpc) is 3.24. The van der Waals surface area contributed by atoms with E-state index in [2.05, 4.69) is 17.0 Å². The number of thioether (sulfide) groups is 1. The van der Waals surface area contributed by atoms with E-state index in [1.807, 2.05) is 49.4 Å². The predicted octanol–water partition coefficient (Wildman–Crippen LogP) is 5.64. The Kier molecular flexibility index (Phi) is 6.93. The zero-order valence-electron chi connectivity index (χ0n) is 18.9. The minimum Gasteiger partial charge on any atom is -0.493 e. The number of fused-ring (bicyclic) bond motifs is 1. The van der Waals surface area contributed by atoms with E-state index in [9.17, 15) is 4.79 Å². The van der Waals surface area contributed by atoms with Gasteiger partial charge in [-0.3, -0.25) is 10.2 Å². The van der Waals surface area contributed by atoms with Crippen molar-refractivity contribution in [3.05, 3.63) is 65.2 Å². The molecule has 0 aromatic heterocycles. The molecule has 8 heteroatoms. The zero-order valence-corrected chi connectivity index (χ0v) is 19.7. The second-order valence-corrected chi connectivity index (χ2v) is 8.74. The Morgan fingerprint density at radius 1 is 1.18 bits per heavy atom. The van der Waals surface area contributed by atoms with E-state index in [0.717, 1.165) is 29.9 Å². The van der Waals surface area contributed by atoms with Gasteiger partial charge in [-0.2, -0.15) is 15.1 Å². The third-order valence-corrected chi connectivity index (χ3v) is 6.28. The molecule has 0 saturated heterocycles. The fraction of sp³-hybridized carbons (Fsp3) is 0.280. The van der Waals surface area contributed by atoms with E-state index in [1.54, 1.807) is 19.3 Å². The second-order valence-electron chi connectivity index (χ2n) is 7.70. The van der Waals surface area contributed by atoms with Crippen LogP contribution in [0.2, 0.25) is 0 Å². The Morgan fingerprint density at radius 3 is 2.70 bits per heavy atom. The van der Waals surface area contributed by atoms with Crippen molar-refractivity contribution in [2.45, 2.75) is 39.2 Å². The van der Waals surface area contributed by atoms with Gasteiger partial charge < -0.3 is 9.47 Å². The van der Waals surface area contributed by atoms with Crippen molar-refractivity contribution in [2.24, 2.45) is 10.1 Å². The molecule has 0 aliphatic carbocycles. The van der Waals surface area contributed by atoms with E-state index in [4.69, 9.17) is 14.9 Å². The first-order chi connectivity index (χ1) is 16.0. The Morgan fingerprint density at radius 2 is 1.97 bits per heavy atom. The third kappa shape index (κ3) is 5.01. The number of rotatable bonds is 8. The SMILES string of the molecule is CCCCC1=NN2C(=N)C(=Cc3ccc(OC(C)c4ccccc4)c(OC)c3)C(=O)N=C2S1. The van der Waals surface area contributed by atoms with Crippen LogP contribution in [0.4, 0.5) is 0 Å². The third-order valence-electron chi connectivity index (χ3n) is 5.31. The Hall–Kier alpha value is -3.39. The molecule has 0 fully saturated rings. The summed E-state index contributed by atoms with van der Waals surface area (Å²) < 4.78 is 11.6. The number of nitrogens with zero attached hydrogens (tertiary/aromatic N) is 3. The number of hydrazone groups is 1. The van der Waals surface area contributed by atoms with Gasteiger partial charge in [0, 0.05) is 0 Å². The number of hydrogen-bond acceptors (Lipinski definition) is 6. The standard InChI is InChI=1S/C25H26N4O3S/c1-4-5-11-22-28-29-23(26)19(24(30)27-25(29)33-22)14-17-12-13-20(21(15-17)31-3)32-16(2)18-9-7-6-8-10-18/h6-10,12-16,26H,4-5,11H2,1-3H3. The molecule has 7 nitrogen and oxygen atoms in total. The fourth-order valence-electron chi connectivity index (χ4n) is 3.48. The highest BCUT2D eigenvalue weighted by atomic mass is 32.2. The molecule has 4 rings (SSSR count). The van der Waals surface area contributed by atoms with Crippen LogP contribution >= 0.6 is 11.8 Å². The quantitative estimate of drug-likeness (QED) is 0.513. The molecule has 1 N–H and O–H groups in total. The molecular weight excluding hydrogens is 436 g/mol. The van der Waals surface area contributed by atoms with Gasteiger partial charge in [-0.15, -0.1) is 0 Å². The number of benzene rings is 2. The molecule has 0 bridgehead atoms. The first kappa shape index (κ1) is 22.8. The van der Waals surface area contributed by atoms with Crippen molar-refractivity contribution in [3.63, 3.8) is 0 Å². The Bertz CT molecular complexity index is 1160. The van der Waals surface area contributed by atoms with Crippen LogP contribution in [0.15, 0.2) is 64.2 Å². The maximum absolute atomic E-state index is 12.7. The minimum atomic E-state index is -0.442. The maximum Gasteiger partial charge on any atom is 0.283 e. The van der Waals surface area contributed by atoms with E-state index in [0.29, 0.717) is 22.2 Å². The largest absolute Gasteiger partial charge is 0.493 e. The first-order valence-corrected chi connectivity index (χ1v) is 11.7. The van der Waals surface area contributed by atoms with Crippen LogP contribution in [0, 0.1) is 5.41 Å². The number of carbonyl (C=O) groups excluding carboxylic acids is 1. The summed E-state index contributed by atoms with van der Waals surface area (Å²) >= 11 is 1.36. The maximum atomic E-state index is 12.7. The average molecular weight is 463 g/mol. The summed E-state index contributed by atoms with van der Waals surface area (Å²) in [6.45, 7) is 4.09. The molecule has 0 spiro atoms. The molecule has 1 atom stereocenters. The van der Waals surface area contributed by atoms with Crippen molar-refractivity contribution < 1.29 is 14.3 Å². The van der Waals surface area contributed by atoms with E-state index >= 15 is 0 Å². The molecule has 0 radical (unpaired) electrons. The molecule has 2 aliphatic heterocycles. The Balaban J connectivity index is 1.56. The van der Waals surface area contributed by atoms with E-state index < -0.39 is 5.91 Å². The summed E-state index contributed by atoms with van der Waals surface area (Å²) in [5.41, 5.74) is 1.96. The normalized spacial score (nSPS) is 17.5. The lowest BCUT2D eigenvalue weighted by atomic mass is 10.1. The van der Waals surface area contributed by atoms with E-state index in [-0.39, 0.29) is 17.5 Å². The molecule has 1 amide bonds. The van der Waals surface area contributed by atoms with Gasteiger partial charge >= 0.3 is 0 Å². The molecular formula is C25H26N4O3S. The van der Waals surface area contributed by atoms with Crippen LogP contribution in [-0.4, -0.2) is 34.1 Å². The number of hydrogen-bond donors (Lipinski definition) is 1. The van der Waals surface area contributed by atoms with E-state index in [1.165, 1.54) is 16.8 Å². The van der Waals surface area contributed by atoms with Crippen LogP contribution in [-0.2, 0) is 4.79 Å². The van der Waals surface area contributed by atoms with Crippen LogP contribution in [0.5, 0.6) is 11.5 Å². The number of amidine groups is 2. The molecule has 33 heavy (non-hydrogen) atoms. The van der Waals surface area contributed by atoms with Gasteiger partial charge in [-0.1, -0.05) is 49.7 Å². The lowest BCUT2D eigenvalue weighted by Gasteiger charge is -2.20. The summed E-state index contributed by atoms with van der Waals surface area (Å²) in [5, 5.41) is 15.8. The molecule has 170 valence electrons. The topological polar surface area (TPSA) is 87.3 Å². The highest BCUT2D eigenvalue weighted by Crippen LogP contribution is 2.34. The second kappa shape index (κ2) is 10.0. The number of methoxy groups -OCH3 is 1. The van der Waals surface area contributed by atoms with Gasteiger partial charge in [-0.05, 0) is 60.9 Å². The highest BCUT2D eigenvalue weighted by molar-refractivity contribution is 8.26. The summed E-state index contributed by atoms with van der Waals surface area (Å²) in [4.78, 5) is 16.8. The predicted molar refractivity (Wildman–Crippen MR) is 133 cm³/mol. The molecule has 2 heterocycles. The van der Waals surface area contributed by atoms with Crippen molar-refractivity contribution >= 4 is 39.8 Å². The summed E-state index contributed by atoms with van der Waals surface area (Å²) in [7, 11) is 1.57. The molecule has 2 aliphatic rings. The van der Waals surface area contributed by atoms with Crippen molar-refractivity contribution in [1.82, 2.24) is 5.01 Å². The summed E-state index contributed by atoms with van der Waals surface area (Å²) in [5.74, 6) is 0.730. The van der Waals surface area contributed by atoms with Gasteiger partial charge in [0.15, 0.2) is 17.3 Å². The lowest BCUT2D eigenvalue weighted by molar-refractivity contribution is -0.114. The number of ether oxygens (including phenoxy) is 2. The van der Waals surface area contributed by atoms with Crippen molar-refractivity contribution in [1.29, 1.82) is 5.41 Å². The number of nitrogens with one attached hydrogen (secondary N) is 1.